The van der Waals surface area contributed by atoms with Crippen molar-refractivity contribution in [2.45, 2.75) is 6.04 Å². The van der Waals surface area contributed by atoms with Gasteiger partial charge in [-0.3, -0.25) is 0 Å². The summed E-state index contributed by atoms with van der Waals surface area (Å²) in [6.45, 7) is 0. The van der Waals surface area contributed by atoms with Crippen LogP contribution < -0.4 is 4.90 Å². The van der Waals surface area contributed by atoms with Crippen molar-refractivity contribution in [3.63, 3.8) is 0 Å². The van der Waals surface area contributed by atoms with Crippen LogP contribution in [-0.4, -0.2) is 11.1 Å². The number of fused-ring (bicyclic) bond motifs is 3. The zero-order chi connectivity index (χ0) is 11.1. The van der Waals surface area contributed by atoms with Crippen LogP contribution in [0.25, 0.3) is 6.08 Å². The molecule has 1 aromatic rings. The van der Waals surface area contributed by atoms with Crippen molar-refractivity contribution >= 4 is 23.4 Å². The van der Waals surface area contributed by atoms with Gasteiger partial charge in [-0.1, -0.05) is 29.8 Å². The lowest BCUT2D eigenvalue weighted by atomic mass is 10.00. The molecule has 1 unspecified atom stereocenters. The summed E-state index contributed by atoms with van der Waals surface area (Å²) >= 11 is 6.12. The normalized spacial score (nSPS) is 22.1. The largest absolute Gasteiger partial charge is 0.510 e. The van der Waals surface area contributed by atoms with Gasteiger partial charge in [0, 0.05) is 22.5 Å². The lowest BCUT2D eigenvalue weighted by Gasteiger charge is -2.36. The highest BCUT2D eigenvalue weighted by Gasteiger charge is 2.30. The van der Waals surface area contributed by atoms with Crippen LogP contribution in [0.5, 0.6) is 0 Å². The molecule has 0 aromatic heterocycles. The van der Waals surface area contributed by atoms with Crippen LogP contribution in [0, 0.1) is 0 Å². The van der Waals surface area contributed by atoms with Crippen LogP contribution in [0.2, 0.25) is 0 Å². The van der Waals surface area contributed by atoms with Gasteiger partial charge in [0.25, 0.3) is 0 Å². The van der Waals surface area contributed by atoms with Crippen molar-refractivity contribution in [3.05, 3.63) is 59.0 Å². The number of hydrogen-bond acceptors (Lipinski definition) is 2. The molecule has 2 aliphatic rings. The standard InChI is InChI=1S/C13H10ClNO/c14-10-5-3-7-15-11-6-2-1-4-9(11)8-12(16)13(10)15/h1-8,13,16H. The second kappa shape index (κ2) is 3.42. The zero-order valence-corrected chi connectivity index (χ0v) is 9.22. The number of nitrogens with zero attached hydrogens (tertiary/aromatic N) is 1. The van der Waals surface area contributed by atoms with E-state index in [-0.39, 0.29) is 11.8 Å². The molecule has 0 bridgehead atoms. The summed E-state index contributed by atoms with van der Waals surface area (Å²) in [7, 11) is 0. The Kier molecular flexibility index (Phi) is 2.04. The molecule has 3 rings (SSSR count). The molecule has 1 atom stereocenters. The first-order valence-corrected chi connectivity index (χ1v) is 5.47. The van der Waals surface area contributed by atoms with Crippen LogP contribution in [0.4, 0.5) is 5.69 Å². The van der Waals surface area contributed by atoms with Crippen LogP contribution in [0.3, 0.4) is 0 Å². The molecule has 0 aliphatic carbocycles. The van der Waals surface area contributed by atoms with E-state index in [0.29, 0.717) is 5.03 Å². The van der Waals surface area contributed by atoms with Gasteiger partial charge in [-0.05, 0) is 24.3 Å². The maximum absolute atomic E-state index is 9.98. The van der Waals surface area contributed by atoms with Gasteiger partial charge in [0.1, 0.15) is 11.8 Å². The Morgan fingerprint density at radius 2 is 2.06 bits per heavy atom. The SMILES string of the molecule is OC1=Cc2ccccc2N2C=CC=C(Cl)C12. The molecule has 1 aromatic carbocycles. The second-order valence-corrected chi connectivity index (χ2v) is 4.27. The monoisotopic (exact) mass is 231 g/mol. The van der Waals surface area contributed by atoms with Gasteiger partial charge in [0.2, 0.25) is 0 Å². The van der Waals surface area contributed by atoms with Gasteiger partial charge in [-0.15, -0.1) is 0 Å². The van der Waals surface area contributed by atoms with E-state index in [1.54, 1.807) is 12.2 Å². The fourth-order valence-electron chi connectivity index (χ4n) is 2.12. The Labute approximate surface area is 98.8 Å². The number of anilines is 1. The molecule has 1 N–H and O–H groups in total. The number of rotatable bonds is 0. The van der Waals surface area contributed by atoms with Crippen molar-refractivity contribution in [3.8, 4) is 0 Å². The number of benzene rings is 1. The molecule has 3 heteroatoms. The maximum Gasteiger partial charge on any atom is 0.126 e. The molecule has 2 aliphatic heterocycles. The van der Waals surface area contributed by atoms with Gasteiger partial charge in [0.15, 0.2) is 0 Å². The third-order valence-corrected chi connectivity index (χ3v) is 3.17. The molecule has 0 radical (unpaired) electrons. The van der Waals surface area contributed by atoms with Crippen molar-refractivity contribution < 1.29 is 5.11 Å². The van der Waals surface area contributed by atoms with Crippen molar-refractivity contribution in [1.82, 2.24) is 0 Å². The number of aliphatic hydroxyl groups excluding tert-OH is 1. The number of hydrogen-bond donors (Lipinski definition) is 1. The summed E-state index contributed by atoms with van der Waals surface area (Å²) in [4.78, 5) is 1.98. The Morgan fingerprint density at radius 1 is 1.25 bits per heavy atom. The van der Waals surface area contributed by atoms with Crippen LogP contribution in [-0.2, 0) is 0 Å². The Balaban J connectivity index is 2.20. The molecule has 0 fully saturated rings. The number of allylic oxidation sites excluding steroid dienone is 2. The minimum absolute atomic E-state index is 0.262. The lowest BCUT2D eigenvalue weighted by Crippen LogP contribution is -2.36. The van der Waals surface area contributed by atoms with Crippen LogP contribution in [0.15, 0.2) is 53.4 Å². The molecule has 80 valence electrons. The predicted octanol–water partition coefficient (Wildman–Crippen LogP) is 3.42. The van der Waals surface area contributed by atoms with E-state index >= 15 is 0 Å². The number of aliphatic hydroxyl groups is 1. The van der Waals surface area contributed by atoms with Gasteiger partial charge in [-0.25, -0.2) is 0 Å². The summed E-state index contributed by atoms with van der Waals surface area (Å²) in [5, 5.41) is 10.6. The van der Waals surface area contributed by atoms with E-state index in [1.165, 1.54) is 0 Å². The van der Waals surface area contributed by atoms with Gasteiger partial charge in [-0.2, -0.15) is 0 Å². The first-order chi connectivity index (χ1) is 7.77. The summed E-state index contributed by atoms with van der Waals surface area (Å²) in [5.74, 6) is 0.282. The molecule has 2 heterocycles. The smallest absolute Gasteiger partial charge is 0.126 e. The predicted molar refractivity (Wildman–Crippen MR) is 66.4 cm³/mol. The van der Waals surface area contributed by atoms with Crippen LogP contribution in [0.1, 0.15) is 5.56 Å². The summed E-state index contributed by atoms with van der Waals surface area (Å²) < 4.78 is 0. The highest BCUT2D eigenvalue weighted by atomic mass is 35.5. The zero-order valence-electron chi connectivity index (χ0n) is 8.47. The van der Waals surface area contributed by atoms with E-state index in [2.05, 4.69) is 0 Å². The Bertz CT molecular complexity index is 530. The molecule has 2 nitrogen and oxygen atoms in total. The average Bonchev–Trinajstić information content (AvgIpc) is 2.29. The fraction of sp³-hybridized carbons (Fsp3) is 0.0769. The van der Waals surface area contributed by atoms with Gasteiger partial charge < -0.3 is 10.0 Å². The van der Waals surface area contributed by atoms with Crippen LogP contribution >= 0.6 is 11.6 Å². The van der Waals surface area contributed by atoms with E-state index in [4.69, 9.17) is 11.6 Å². The topological polar surface area (TPSA) is 23.5 Å². The molecule has 0 saturated heterocycles. The molecular formula is C13H10ClNO. The summed E-state index contributed by atoms with van der Waals surface area (Å²) in [6.07, 6.45) is 7.39. The quantitative estimate of drug-likeness (QED) is 0.740. The van der Waals surface area contributed by atoms with Gasteiger partial charge in [0.05, 0.1) is 0 Å². The fourth-order valence-corrected chi connectivity index (χ4v) is 2.41. The Hall–Kier alpha value is -1.67. The second-order valence-electron chi connectivity index (χ2n) is 3.83. The highest BCUT2D eigenvalue weighted by Crippen LogP contribution is 2.37. The molecular weight excluding hydrogens is 222 g/mol. The third-order valence-electron chi connectivity index (χ3n) is 2.84. The maximum atomic E-state index is 9.98. The first kappa shape index (κ1) is 9.55. The molecule has 0 saturated carbocycles. The summed E-state index contributed by atoms with van der Waals surface area (Å²) in [6, 6.07) is 7.66. The van der Waals surface area contributed by atoms with E-state index < -0.39 is 0 Å². The third kappa shape index (κ3) is 1.27. The van der Waals surface area contributed by atoms with Crippen molar-refractivity contribution in [2.24, 2.45) is 0 Å². The summed E-state index contributed by atoms with van der Waals surface area (Å²) in [5.41, 5.74) is 2.07. The molecule has 16 heavy (non-hydrogen) atoms. The van der Waals surface area contributed by atoms with Gasteiger partial charge >= 0.3 is 0 Å². The minimum Gasteiger partial charge on any atom is -0.510 e. The van der Waals surface area contributed by atoms with Crippen molar-refractivity contribution in [2.75, 3.05) is 4.90 Å². The van der Waals surface area contributed by atoms with Crippen molar-refractivity contribution in [1.29, 1.82) is 0 Å². The number of halogens is 1. The van der Waals surface area contributed by atoms with E-state index in [1.807, 2.05) is 41.4 Å². The highest BCUT2D eigenvalue weighted by molar-refractivity contribution is 6.31. The average molecular weight is 232 g/mol. The molecule has 0 amide bonds. The minimum atomic E-state index is -0.262. The number of para-hydroxylation sites is 1. The lowest BCUT2D eigenvalue weighted by molar-refractivity contribution is 0.384. The first-order valence-electron chi connectivity index (χ1n) is 5.09. The van der Waals surface area contributed by atoms with E-state index in [9.17, 15) is 5.11 Å². The molecule has 0 spiro atoms. The van der Waals surface area contributed by atoms with E-state index in [0.717, 1.165) is 11.3 Å². The Morgan fingerprint density at radius 3 is 2.94 bits per heavy atom.